The minimum absolute atomic E-state index is 0.162. The van der Waals surface area contributed by atoms with Crippen molar-refractivity contribution in [1.82, 2.24) is 0 Å². The number of aromatic hydroxyl groups is 1. The summed E-state index contributed by atoms with van der Waals surface area (Å²) in [6.07, 6.45) is 0. The predicted molar refractivity (Wildman–Crippen MR) is 78.4 cm³/mol. The number of ether oxygens (including phenoxy) is 1. The molecule has 2 N–H and O–H groups in total. The van der Waals surface area contributed by atoms with E-state index in [0.717, 1.165) is 11.3 Å². The van der Waals surface area contributed by atoms with Gasteiger partial charge in [-0.05, 0) is 49.7 Å². The summed E-state index contributed by atoms with van der Waals surface area (Å²) in [7, 11) is 0. The summed E-state index contributed by atoms with van der Waals surface area (Å²) < 4.78 is 5.32. The number of carbonyl (C=O) groups excluding carboxylic acids is 1. The number of hydrogen-bond donors (Lipinski definition) is 2. The highest BCUT2D eigenvalue weighted by molar-refractivity contribution is 6.04. The average Bonchev–Trinajstić information content (AvgIpc) is 2.44. The zero-order valence-corrected chi connectivity index (χ0v) is 11.5. The quantitative estimate of drug-likeness (QED) is 0.896. The van der Waals surface area contributed by atoms with E-state index in [-0.39, 0.29) is 11.7 Å². The Balaban J connectivity index is 2.09. The molecule has 0 spiro atoms. The van der Waals surface area contributed by atoms with E-state index in [4.69, 9.17) is 4.74 Å². The van der Waals surface area contributed by atoms with Crippen molar-refractivity contribution in [2.45, 2.75) is 13.8 Å². The van der Waals surface area contributed by atoms with E-state index < -0.39 is 0 Å². The molecule has 0 saturated heterocycles. The molecule has 0 aliphatic carbocycles. The van der Waals surface area contributed by atoms with Crippen LogP contribution in [0.25, 0.3) is 0 Å². The fraction of sp³-hybridized carbons (Fsp3) is 0.188. The Hall–Kier alpha value is -2.49. The van der Waals surface area contributed by atoms with Crippen LogP contribution in [0.3, 0.4) is 0 Å². The average molecular weight is 271 g/mol. The van der Waals surface area contributed by atoms with Gasteiger partial charge in [-0.3, -0.25) is 4.79 Å². The van der Waals surface area contributed by atoms with Gasteiger partial charge in [-0.15, -0.1) is 0 Å². The van der Waals surface area contributed by atoms with Crippen molar-refractivity contribution in [3.05, 3.63) is 53.6 Å². The minimum atomic E-state index is -0.226. The van der Waals surface area contributed by atoms with Crippen molar-refractivity contribution in [1.29, 1.82) is 0 Å². The molecule has 0 fully saturated rings. The fourth-order valence-electron chi connectivity index (χ4n) is 1.76. The van der Waals surface area contributed by atoms with Gasteiger partial charge >= 0.3 is 0 Å². The molecule has 0 radical (unpaired) electrons. The Morgan fingerprint density at radius 3 is 2.50 bits per heavy atom. The summed E-state index contributed by atoms with van der Waals surface area (Å²) in [6.45, 7) is 4.30. The number of hydrogen-bond acceptors (Lipinski definition) is 3. The van der Waals surface area contributed by atoms with Crippen molar-refractivity contribution in [3.8, 4) is 11.5 Å². The maximum Gasteiger partial charge on any atom is 0.255 e. The van der Waals surface area contributed by atoms with Crippen LogP contribution < -0.4 is 10.1 Å². The zero-order chi connectivity index (χ0) is 14.5. The van der Waals surface area contributed by atoms with Crippen LogP contribution in [0.4, 0.5) is 5.69 Å². The summed E-state index contributed by atoms with van der Waals surface area (Å²) in [6, 6.07) is 11.9. The predicted octanol–water partition coefficient (Wildman–Crippen LogP) is 3.35. The normalized spacial score (nSPS) is 10.1. The number of phenolic OH excluding ortho intramolecular Hbond substituents is 1. The standard InChI is InChI=1S/C16H17NO3/c1-3-20-14-8-5-12(6-9-14)16(19)17-13-7-4-11(2)15(18)10-13/h4-10,18H,3H2,1-2H3,(H,17,19). The summed E-state index contributed by atoms with van der Waals surface area (Å²) in [4.78, 5) is 12.0. The molecule has 2 rings (SSSR count). The van der Waals surface area contributed by atoms with E-state index >= 15 is 0 Å². The van der Waals surface area contributed by atoms with Gasteiger partial charge in [0, 0.05) is 17.3 Å². The van der Waals surface area contributed by atoms with Crippen molar-refractivity contribution < 1.29 is 14.6 Å². The van der Waals surface area contributed by atoms with Gasteiger partial charge in [-0.25, -0.2) is 0 Å². The molecular weight excluding hydrogens is 254 g/mol. The number of rotatable bonds is 4. The van der Waals surface area contributed by atoms with Crippen LogP contribution in [-0.2, 0) is 0 Å². The second-order valence-corrected chi connectivity index (χ2v) is 4.41. The Kier molecular flexibility index (Phi) is 4.25. The van der Waals surface area contributed by atoms with Crippen molar-refractivity contribution >= 4 is 11.6 Å². The van der Waals surface area contributed by atoms with Crippen LogP contribution in [0.2, 0.25) is 0 Å². The highest BCUT2D eigenvalue weighted by Gasteiger charge is 2.07. The lowest BCUT2D eigenvalue weighted by molar-refractivity contribution is 0.102. The minimum Gasteiger partial charge on any atom is -0.508 e. The molecule has 4 heteroatoms. The molecule has 0 saturated carbocycles. The molecule has 0 bridgehead atoms. The van der Waals surface area contributed by atoms with Crippen molar-refractivity contribution in [2.75, 3.05) is 11.9 Å². The third-order valence-electron chi connectivity index (χ3n) is 2.89. The number of benzene rings is 2. The largest absolute Gasteiger partial charge is 0.508 e. The Bertz CT molecular complexity index is 606. The topological polar surface area (TPSA) is 58.6 Å². The Labute approximate surface area is 118 Å². The highest BCUT2D eigenvalue weighted by Crippen LogP contribution is 2.21. The molecule has 4 nitrogen and oxygen atoms in total. The maximum absolute atomic E-state index is 12.0. The molecule has 2 aromatic rings. The number of amides is 1. The number of carbonyl (C=O) groups is 1. The Morgan fingerprint density at radius 2 is 1.90 bits per heavy atom. The van der Waals surface area contributed by atoms with E-state index in [1.807, 2.05) is 6.92 Å². The summed E-state index contributed by atoms with van der Waals surface area (Å²) >= 11 is 0. The van der Waals surface area contributed by atoms with E-state index in [1.165, 1.54) is 6.07 Å². The zero-order valence-electron chi connectivity index (χ0n) is 11.5. The maximum atomic E-state index is 12.0. The van der Waals surface area contributed by atoms with Crippen LogP contribution >= 0.6 is 0 Å². The van der Waals surface area contributed by atoms with Crippen LogP contribution in [0.1, 0.15) is 22.8 Å². The first-order valence-corrected chi connectivity index (χ1v) is 6.44. The van der Waals surface area contributed by atoms with Gasteiger partial charge in [0.05, 0.1) is 6.61 Å². The number of anilines is 1. The van der Waals surface area contributed by atoms with E-state index in [0.29, 0.717) is 17.9 Å². The molecule has 104 valence electrons. The first-order valence-electron chi connectivity index (χ1n) is 6.44. The molecule has 0 aliphatic rings. The van der Waals surface area contributed by atoms with Crippen molar-refractivity contribution in [3.63, 3.8) is 0 Å². The van der Waals surface area contributed by atoms with Gasteiger partial charge in [-0.2, -0.15) is 0 Å². The van der Waals surface area contributed by atoms with E-state index in [1.54, 1.807) is 43.3 Å². The van der Waals surface area contributed by atoms with Crippen LogP contribution in [-0.4, -0.2) is 17.6 Å². The number of phenols is 1. The lowest BCUT2D eigenvalue weighted by Gasteiger charge is -2.08. The van der Waals surface area contributed by atoms with Gasteiger partial charge in [0.15, 0.2) is 0 Å². The number of aryl methyl sites for hydroxylation is 1. The summed E-state index contributed by atoms with van der Waals surface area (Å²) in [5.41, 5.74) is 1.87. The highest BCUT2D eigenvalue weighted by atomic mass is 16.5. The SMILES string of the molecule is CCOc1ccc(C(=O)Nc2ccc(C)c(O)c2)cc1. The van der Waals surface area contributed by atoms with Crippen molar-refractivity contribution in [2.24, 2.45) is 0 Å². The van der Waals surface area contributed by atoms with E-state index in [2.05, 4.69) is 5.32 Å². The molecule has 0 aromatic heterocycles. The van der Waals surface area contributed by atoms with Crippen LogP contribution in [0.5, 0.6) is 11.5 Å². The van der Waals surface area contributed by atoms with Gasteiger partial charge in [0.1, 0.15) is 11.5 Å². The molecule has 0 atom stereocenters. The van der Waals surface area contributed by atoms with Crippen LogP contribution in [0.15, 0.2) is 42.5 Å². The summed E-state index contributed by atoms with van der Waals surface area (Å²) in [5, 5.41) is 12.3. The number of nitrogens with one attached hydrogen (secondary N) is 1. The van der Waals surface area contributed by atoms with Gasteiger partial charge < -0.3 is 15.2 Å². The molecule has 1 amide bonds. The third-order valence-corrected chi connectivity index (χ3v) is 2.89. The lowest BCUT2D eigenvalue weighted by Crippen LogP contribution is -2.11. The fourth-order valence-corrected chi connectivity index (χ4v) is 1.76. The van der Waals surface area contributed by atoms with E-state index in [9.17, 15) is 9.90 Å². The molecule has 0 heterocycles. The Morgan fingerprint density at radius 1 is 1.20 bits per heavy atom. The van der Waals surface area contributed by atoms with Gasteiger partial charge in [-0.1, -0.05) is 6.07 Å². The summed E-state index contributed by atoms with van der Waals surface area (Å²) in [5.74, 6) is 0.669. The molecular formula is C16H17NO3. The smallest absolute Gasteiger partial charge is 0.255 e. The lowest BCUT2D eigenvalue weighted by atomic mass is 10.1. The second kappa shape index (κ2) is 6.10. The van der Waals surface area contributed by atoms with Gasteiger partial charge in [0.25, 0.3) is 5.91 Å². The third kappa shape index (κ3) is 3.29. The molecule has 20 heavy (non-hydrogen) atoms. The first-order chi connectivity index (χ1) is 9.60. The monoisotopic (exact) mass is 271 g/mol. The molecule has 2 aromatic carbocycles. The van der Waals surface area contributed by atoms with Gasteiger partial charge in [0.2, 0.25) is 0 Å². The molecule has 0 unspecified atom stereocenters. The van der Waals surface area contributed by atoms with Crippen LogP contribution in [0, 0.1) is 6.92 Å². The first kappa shape index (κ1) is 13.9. The second-order valence-electron chi connectivity index (χ2n) is 4.41. The molecule has 0 aliphatic heterocycles.